The van der Waals surface area contributed by atoms with E-state index in [2.05, 4.69) is 261 Å². The van der Waals surface area contributed by atoms with Gasteiger partial charge in [-0.2, -0.15) is 10.2 Å². The molecule has 0 spiro atoms. The highest BCUT2D eigenvalue weighted by Gasteiger charge is 2.29. The van der Waals surface area contributed by atoms with Gasteiger partial charge in [0.05, 0.1) is 33.9 Å². The van der Waals surface area contributed by atoms with E-state index in [1.807, 2.05) is 84.9 Å². The fourth-order valence-corrected chi connectivity index (χ4v) is 17.8. The summed E-state index contributed by atoms with van der Waals surface area (Å²) in [5.41, 5.74) is 17.7. The Morgan fingerprint density at radius 3 is 0.992 bits per heavy atom. The number of carbonyl (C=O) groups excluding carboxylic acids is 3. The maximum atomic E-state index is 14.4. The van der Waals surface area contributed by atoms with E-state index in [0.29, 0.717) is 66.5 Å². The van der Waals surface area contributed by atoms with Gasteiger partial charge in [-0.15, -0.1) is 10.2 Å². The third-order valence-corrected chi connectivity index (χ3v) is 24.1. The molecule has 0 fully saturated rings. The zero-order valence-corrected chi connectivity index (χ0v) is 66.6. The van der Waals surface area contributed by atoms with Crippen LogP contribution in [0.4, 0.5) is 68.2 Å². The van der Waals surface area contributed by atoms with Crippen molar-refractivity contribution in [3.63, 3.8) is 0 Å². The summed E-state index contributed by atoms with van der Waals surface area (Å²) in [6.45, 7) is 4.23. The number of fused-ring (bicyclic) bond motifs is 5. The molecule has 20 aromatic carbocycles. The Hall–Kier alpha value is -16.0. The van der Waals surface area contributed by atoms with Crippen molar-refractivity contribution in [2.24, 2.45) is 20.5 Å². The number of ketones is 1. The van der Waals surface area contributed by atoms with E-state index in [0.717, 1.165) is 70.9 Å². The van der Waals surface area contributed by atoms with E-state index < -0.39 is 11.8 Å². The normalized spacial score (nSPS) is 12.1. The predicted molar refractivity (Wildman–Crippen MR) is 498 cm³/mol. The number of anilines is 8. The minimum atomic E-state index is -0.524. The van der Waals surface area contributed by atoms with E-state index in [-0.39, 0.29) is 39.8 Å². The number of phenolic OH excluding ortho intramolecular Hbond substituents is 2. The summed E-state index contributed by atoms with van der Waals surface area (Å²) in [7, 11) is 0. The molecule has 1 aliphatic carbocycles. The molecular weight excluding hydrogens is 1500 g/mol. The molecule has 0 aliphatic heterocycles. The van der Waals surface area contributed by atoms with Crippen molar-refractivity contribution in [2.45, 2.75) is 39.5 Å². The fourth-order valence-electron chi connectivity index (χ4n) is 17.8. The molecule has 0 saturated heterocycles. The third kappa shape index (κ3) is 13.5. The first-order valence-electron chi connectivity index (χ1n) is 41.0. The summed E-state index contributed by atoms with van der Waals surface area (Å²) in [5, 5.41) is 65.5. The standard InChI is InChI=1S/C109H76N8O5/c1-65-17-47-83(48-18-65)116(97-59-39-75-35-33-71-11-7-13-73-37-55-91(97)101(75)99(71)73)85-51-29-69(30-52-85)23-21-67-25-41-79(42-26-67)110-108(121)95-61-77-9-3-5-15-87(77)103(106(95)119)114-112-81-45-57-89-90-58-46-82(64-94(90)105(118)93(89)63-81)113-115-104-88-16-6-4-10-78(88)62-96(107(104)120)109(122)111-80-43-27-68(28-44-80)22-24-70-31-53-86(54-32-70)117(84-49-19-66(2)20-50-84)98-60-40-76-36-34-72-12-8-14-74-38-56-92(98)102(76)100(72)74/h3-20,25-64,119-120H,21-24H2,1-2H3,(H,110,121)(H,111,122). The first kappa shape index (κ1) is 73.6. The number of aromatic hydroxyl groups is 2. The molecule has 0 aromatic heterocycles. The topological polar surface area (TPSA) is 172 Å². The van der Waals surface area contributed by atoms with Crippen LogP contribution in [0.5, 0.6) is 11.5 Å². The predicted octanol–water partition coefficient (Wildman–Crippen LogP) is 28.9. The van der Waals surface area contributed by atoms with Gasteiger partial charge in [0.1, 0.15) is 11.4 Å². The van der Waals surface area contributed by atoms with Gasteiger partial charge in [0, 0.05) is 66.8 Å². The van der Waals surface area contributed by atoms with Crippen LogP contribution in [0.2, 0.25) is 0 Å². The molecule has 20 aromatic rings. The third-order valence-electron chi connectivity index (χ3n) is 24.1. The molecule has 0 atom stereocenters. The van der Waals surface area contributed by atoms with Crippen LogP contribution in [0, 0.1) is 13.8 Å². The summed E-state index contributed by atoms with van der Waals surface area (Å²) in [6.07, 6.45) is 3.16. The van der Waals surface area contributed by atoms with Gasteiger partial charge in [-0.05, 0) is 259 Å². The van der Waals surface area contributed by atoms with Crippen molar-refractivity contribution < 1.29 is 24.6 Å². The molecule has 0 heterocycles. The lowest BCUT2D eigenvalue weighted by Crippen LogP contribution is -2.12. The van der Waals surface area contributed by atoms with Crippen LogP contribution < -0.4 is 20.4 Å². The minimum absolute atomic E-state index is 0.0158. The number of carbonyl (C=O) groups is 3. The largest absolute Gasteiger partial charge is 0.505 e. The van der Waals surface area contributed by atoms with Crippen molar-refractivity contribution in [1.29, 1.82) is 0 Å². The van der Waals surface area contributed by atoms with Crippen LogP contribution in [0.25, 0.3) is 97.3 Å². The average Bonchev–Trinajstić information content (AvgIpc) is 0.983. The highest BCUT2D eigenvalue weighted by atomic mass is 16.3. The van der Waals surface area contributed by atoms with Crippen LogP contribution in [0.3, 0.4) is 0 Å². The molecule has 13 nitrogen and oxygen atoms in total. The van der Waals surface area contributed by atoms with Gasteiger partial charge in [-0.3, -0.25) is 14.4 Å². The molecule has 0 bridgehead atoms. The lowest BCUT2D eigenvalue weighted by molar-refractivity contribution is 0.101. The summed E-state index contributed by atoms with van der Waals surface area (Å²) >= 11 is 0. The van der Waals surface area contributed by atoms with Crippen molar-refractivity contribution in [1.82, 2.24) is 0 Å². The first-order chi connectivity index (χ1) is 59.8. The zero-order chi connectivity index (χ0) is 82.2. The molecule has 13 heteroatoms. The van der Waals surface area contributed by atoms with E-state index in [4.69, 9.17) is 0 Å². The summed E-state index contributed by atoms with van der Waals surface area (Å²) in [5.74, 6) is -2.01. The monoisotopic (exact) mass is 1580 g/mol. The Kier molecular flexibility index (Phi) is 18.4. The summed E-state index contributed by atoms with van der Waals surface area (Å²) in [4.78, 5) is 47.5. The molecule has 21 rings (SSSR count). The van der Waals surface area contributed by atoms with E-state index in [1.165, 1.54) is 86.9 Å². The van der Waals surface area contributed by atoms with Gasteiger partial charge >= 0.3 is 0 Å². The lowest BCUT2D eigenvalue weighted by atomic mass is 9.93. The molecule has 122 heavy (non-hydrogen) atoms. The number of nitrogens with zero attached hydrogens (tertiary/aromatic N) is 6. The Bertz CT molecular complexity index is 7170. The number of hydrogen-bond acceptors (Lipinski definition) is 11. The second-order valence-corrected chi connectivity index (χ2v) is 31.7. The number of amides is 2. The number of azo groups is 2. The molecule has 0 radical (unpaired) electrons. The van der Waals surface area contributed by atoms with Gasteiger partial charge in [0.2, 0.25) is 0 Å². The van der Waals surface area contributed by atoms with Crippen LogP contribution in [-0.2, 0) is 25.7 Å². The van der Waals surface area contributed by atoms with Crippen molar-refractivity contribution >= 4 is 172 Å². The van der Waals surface area contributed by atoms with Crippen molar-refractivity contribution in [3.8, 4) is 22.6 Å². The van der Waals surface area contributed by atoms with Gasteiger partial charge in [-0.25, -0.2) is 0 Å². The van der Waals surface area contributed by atoms with Crippen LogP contribution in [0.1, 0.15) is 70.0 Å². The Morgan fingerprint density at radius 1 is 0.295 bits per heavy atom. The van der Waals surface area contributed by atoms with E-state index in [1.54, 1.807) is 60.7 Å². The molecule has 582 valence electrons. The molecule has 2 amide bonds. The van der Waals surface area contributed by atoms with Crippen LogP contribution in [0.15, 0.2) is 372 Å². The van der Waals surface area contributed by atoms with Crippen LogP contribution in [-0.4, -0.2) is 27.8 Å². The molecular formula is C109H76N8O5. The summed E-state index contributed by atoms with van der Waals surface area (Å²) in [6, 6.07) is 119. The molecule has 1 aliphatic rings. The lowest BCUT2D eigenvalue weighted by Gasteiger charge is -2.28. The van der Waals surface area contributed by atoms with Gasteiger partial charge < -0.3 is 30.6 Å². The first-order valence-corrected chi connectivity index (χ1v) is 41.0. The number of aryl methyl sites for hydroxylation is 6. The minimum Gasteiger partial charge on any atom is -0.505 e. The number of benzene rings is 20. The average molecular weight is 1580 g/mol. The maximum Gasteiger partial charge on any atom is 0.259 e. The number of nitrogens with one attached hydrogen (secondary N) is 2. The number of phenols is 2. The number of rotatable bonds is 20. The van der Waals surface area contributed by atoms with E-state index in [9.17, 15) is 24.6 Å². The van der Waals surface area contributed by atoms with Gasteiger partial charge in [0.15, 0.2) is 17.3 Å². The molecule has 0 unspecified atom stereocenters. The van der Waals surface area contributed by atoms with Crippen molar-refractivity contribution in [3.05, 3.63) is 407 Å². The maximum absolute atomic E-state index is 14.4. The van der Waals surface area contributed by atoms with Crippen LogP contribution >= 0.6 is 0 Å². The Balaban J connectivity index is 0.464. The zero-order valence-electron chi connectivity index (χ0n) is 66.6. The Labute approximate surface area is 702 Å². The SMILES string of the molecule is Cc1ccc(N(c2ccc(CCc3ccc(NC(=O)c4cc5ccccc5c(N=Nc5ccc6c(c5)C(=O)c5cc(N=Nc7c(O)c(C(=O)Nc8ccc(CCc9ccc(N(c%10ccc(C)cc%10)c%10ccc%11ccc%12cccc%13ccc%10c%11c%12%13)cc9)cc8)cc8ccccc78)ccc5-6)c4O)cc3)cc2)c2ccc3ccc4cccc5ccc2c3c45)cc1. The second-order valence-electron chi connectivity index (χ2n) is 31.7. The quantitative estimate of drug-likeness (QED) is 0.0434. The Morgan fingerprint density at radius 2 is 0.615 bits per heavy atom. The van der Waals surface area contributed by atoms with E-state index >= 15 is 0 Å². The second kappa shape index (κ2) is 30.5. The highest BCUT2D eigenvalue weighted by Crippen LogP contribution is 2.49. The smallest absolute Gasteiger partial charge is 0.259 e. The van der Waals surface area contributed by atoms with Gasteiger partial charge in [-0.1, -0.05) is 242 Å². The molecule has 4 N–H and O–H groups in total. The van der Waals surface area contributed by atoms with Crippen molar-refractivity contribution in [2.75, 3.05) is 20.4 Å². The number of hydrogen-bond donors (Lipinski definition) is 4. The highest BCUT2D eigenvalue weighted by molar-refractivity contribution is 6.28. The van der Waals surface area contributed by atoms with Gasteiger partial charge in [0.25, 0.3) is 11.8 Å². The fraction of sp³-hybridized carbons (Fsp3) is 0.0550. The summed E-state index contributed by atoms with van der Waals surface area (Å²) < 4.78 is 0. The molecule has 0 saturated carbocycles.